The molecule has 2 atom stereocenters. The van der Waals surface area contributed by atoms with Crippen LogP contribution >= 0.6 is 22.9 Å². The van der Waals surface area contributed by atoms with Crippen molar-refractivity contribution in [2.75, 3.05) is 13.3 Å². The summed E-state index contributed by atoms with van der Waals surface area (Å²) in [5.41, 5.74) is 0.712. The molecule has 1 fully saturated rings. The van der Waals surface area contributed by atoms with Crippen LogP contribution in [0.1, 0.15) is 46.5 Å². The third-order valence-electron chi connectivity index (χ3n) is 4.91. The van der Waals surface area contributed by atoms with E-state index in [1.165, 1.54) is 18.3 Å². The Balaban J connectivity index is 1.53. The zero-order valence-electron chi connectivity index (χ0n) is 17.5. The number of alkyl halides is 1. The maximum absolute atomic E-state index is 12.7. The second-order valence-electron chi connectivity index (χ2n) is 7.74. The largest absolute Gasteiger partial charge is 0.489 e. The summed E-state index contributed by atoms with van der Waals surface area (Å²) < 4.78 is 31.0. The highest BCUT2D eigenvalue weighted by atomic mass is 35.5. The fourth-order valence-corrected chi connectivity index (χ4v) is 4.69. The number of ether oxygens (including phenoxy) is 3. The van der Waals surface area contributed by atoms with Gasteiger partial charge in [-0.1, -0.05) is 22.9 Å². The van der Waals surface area contributed by atoms with E-state index in [9.17, 15) is 9.18 Å². The standard InChI is InChI=1S/C21H28ClFN2O4S/c1-12(24-14(3)26)11-27-15-4-6-16(7-5-15)29-18-9-8-17-20(19(18)22)30-21(25-17)28-13(2)10-23/h8-9,12-13,15-16H,4-7,10-11H2,1-3H3,(H,24,26)/t12-,13?,15?,16?/m0/s1. The van der Waals surface area contributed by atoms with E-state index in [4.69, 9.17) is 25.8 Å². The first-order valence-electron chi connectivity index (χ1n) is 10.2. The van der Waals surface area contributed by atoms with Crippen LogP contribution in [0.4, 0.5) is 4.39 Å². The van der Waals surface area contributed by atoms with E-state index in [2.05, 4.69) is 10.3 Å². The molecule has 0 radical (unpaired) electrons. The molecule has 166 valence electrons. The number of hydrogen-bond donors (Lipinski definition) is 1. The highest BCUT2D eigenvalue weighted by molar-refractivity contribution is 7.20. The number of benzene rings is 1. The molecule has 0 aliphatic heterocycles. The number of aromatic nitrogens is 1. The van der Waals surface area contributed by atoms with Gasteiger partial charge < -0.3 is 19.5 Å². The van der Waals surface area contributed by atoms with Gasteiger partial charge in [-0.05, 0) is 51.7 Å². The Bertz CT molecular complexity index is 857. The molecule has 0 spiro atoms. The van der Waals surface area contributed by atoms with Crippen LogP contribution < -0.4 is 14.8 Å². The van der Waals surface area contributed by atoms with Crippen LogP contribution in [0.2, 0.25) is 5.02 Å². The van der Waals surface area contributed by atoms with E-state index < -0.39 is 12.8 Å². The lowest BCUT2D eigenvalue weighted by molar-refractivity contribution is -0.120. The van der Waals surface area contributed by atoms with Gasteiger partial charge in [-0.15, -0.1) is 0 Å². The maximum atomic E-state index is 12.7. The number of thiazole rings is 1. The molecule has 1 aliphatic rings. The van der Waals surface area contributed by atoms with Crippen molar-refractivity contribution in [3.63, 3.8) is 0 Å². The van der Waals surface area contributed by atoms with Crippen molar-refractivity contribution in [3.8, 4) is 10.9 Å². The van der Waals surface area contributed by atoms with E-state index >= 15 is 0 Å². The minimum absolute atomic E-state index is 0.00294. The van der Waals surface area contributed by atoms with Crippen LogP contribution in [0.15, 0.2) is 12.1 Å². The second kappa shape index (κ2) is 10.6. The first-order valence-corrected chi connectivity index (χ1v) is 11.4. The van der Waals surface area contributed by atoms with E-state index in [0.29, 0.717) is 28.1 Å². The van der Waals surface area contributed by atoms with E-state index in [1.54, 1.807) is 6.92 Å². The lowest BCUT2D eigenvalue weighted by Crippen LogP contribution is -2.36. The molecular weight excluding hydrogens is 431 g/mol. The van der Waals surface area contributed by atoms with Crippen LogP contribution in [0.5, 0.6) is 10.9 Å². The SMILES string of the molecule is CC(=O)N[C@@H](C)COC1CCC(Oc2ccc3nc(OC(C)CF)sc3c2Cl)CC1. The average molecular weight is 459 g/mol. The molecule has 0 bridgehead atoms. The van der Waals surface area contributed by atoms with Crippen LogP contribution in [0.25, 0.3) is 10.2 Å². The molecule has 1 saturated carbocycles. The summed E-state index contributed by atoms with van der Waals surface area (Å²) in [6.07, 6.45) is 3.25. The first kappa shape index (κ1) is 23.0. The zero-order chi connectivity index (χ0) is 21.7. The molecule has 1 amide bonds. The van der Waals surface area contributed by atoms with E-state index in [0.717, 1.165) is 30.4 Å². The highest BCUT2D eigenvalue weighted by Crippen LogP contribution is 2.40. The molecule has 9 heteroatoms. The molecule has 0 saturated heterocycles. The van der Waals surface area contributed by atoms with Crippen LogP contribution in [0, 0.1) is 0 Å². The van der Waals surface area contributed by atoms with Crippen molar-refractivity contribution in [1.29, 1.82) is 0 Å². The summed E-state index contributed by atoms with van der Waals surface area (Å²) in [5.74, 6) is 0.579. The normalized spacial score (nSPS) is 21.2. The predicted molar refractivity (Wildman–Crippen MR) is 117 cm³/mol. The van der Waals surface area contributed by atoms with E-state index in [-0.39, 0.29) is 24.2 Å². The van der Waals surface area contributed by atoms with Crippen molar-refractivity contribution in [1.82, 2.24) is 10.3 Å². The topological polar surface area (TPSA) is 69.7 Å². The molecule has 1 unspecified atom stereocenters. The van der Waals surface area contributed by atoms with Crippen molar-refractivity contribution in [2.24, 2.45) is 0 Å². The minimum atomic E-state index is -0.573. The molecule has 2 aromatic rings. The third kappa shape index (κ3) is 6.18. The fraction of sp³-hybridized carbons (Fsp3) is 0.619. The molecule has 1 aromatic carbocycles. The van der Waals surface area contributed by atoms with Crippen LogP contribution in [0.3, 0.4) is 0 Å². The van der Waals surface area contributed by atoms with Crippen LogP contribution in [-0.4, -0.2) is 48.5 Å². The van der Waals surface area contributed by atoms with Gasteiger partial charge in [0, 0.05) is 13.0 Å². The molecule has 6 nitrogen and oxygen atoms in total. The van der Waals surface area contributed by atoms with Gasteiger partial charge in [-0.2, -0.15) is 0 Å². The molecule has 1 aromatic heterocycles. The van der Waals surface area contributed by atoms with Crippen molar-refractivity contribution in [2.45, 2.75) is 70.8 Å². The molecule has 3 rings (SSSR count). The number of carbonyl (C=O) groups excluding carboxylic acids is 1. The van der Waals surface area contributed by atoms with Gasteiger partial charge in [-0.25, -0.2) is 9.37 Å². The van der Waals surface area contributed by atoms with Gasteiger partial charge in [0.15, 0.2) is 0 Å². The number of nitrogens with one attached hydrogen (secondary N) is 1. The summed E-state index contributed by atoms with van der Waals surface area (Å²) in [4.78, 5) is 15.4. The Labute approximate surface area is 185 Å². The van der Waals surface area contributed by atoms with Gasteiger partial charge in [-0.3, -0.25) is 4.79 Å². The maximum Gasteiger partial charge on any atom is 0.274 e. The minimum Gasteiger partial charge on any atom is -0.489 e. The number of fused-ring (bicyclic) bond motifs is 1. The lowest BCUT2D eigenvalue weighted by Gasteiger charge is -2.30. The molecule has 30 heavy (non-hydrogen) atoms. The third-order valence-corrected chi connectivity index (χ3v) is 6.37. The Hall–Kier alpha value is -1.64. The Morgan fingerprint density at radius 1 is 1.30 bits per heavy atom. The Morgan fingerprint density at radius 3 is 2.67 bits per heavy atom. The van der Waals surface area contributed by atoms with Gasteiger partial charge in [0.1, 0.15) is 23.6 Å². The number of halogens is 2. The summed E-state index contributed by atoms with van der Waals surface area (Å²) >= 11 is 7.85. The lowest BCUT2D eigenvalue weighted by atomic mass is 9.95. The number of amides is 1. The van der Waals surface area contributed by atoms with Crippen molar-refractivity contribution < 1.29 is 23.4 Å². The Morgan fingerprint density at radius 2 is 2.00 bits per heavy atom. The summed E-state index contributed by atoms with van der Waals surface area (Å²) in [7, 11) is 0. The van der Waals surface area contributed by atoms with Gasteiger partial charge in [0.2, 0.25) is 5.91 Å². The smallest absolute Gasteiger partial charge is 0.274 e. The molecular formula is C21H28ClFN2O4S. The van der Waals surface area contributed by atoms with Crippen LogP contribution in [-0.2, 0) is 9.53 Å². The number of rotatable bonds is 9. The Kier molecular flexibility index (Phi) is 8.13. The summed E-state index contributed by atoms with van der Waals surface area (Å²) in [6, 6.07) is 3.67. The van der Waals surface area contributed by atoms with E-state index in [1.807, 2.05) is 19.1 Å². The fourth-order valence-electron chi connectivity index (χ4n) is 3.43. The molecule has 1 heterocycles. The summed E-state index contributed by atoms with van der Waals surface area (Å²) in [6.45, 7) is 5.03. The first-order chi connectivity index (χ1) is 14.4. The average Bonchev–Trinajstić information content (AvgIpc) is 3.12. The van der Waals surface area contributed by atoms with Gasteiger partial charge >= 0.3 is 0 Å². The number of nitrogens with zero attached hydrogens (tertiary/aromatic N) is 1. The quantitative estimate of drug-likeness (QED) is 0.577. The predicted octanol–water partition coefficient (Wildman–Crippen LogP) is 4.92. The van der Waals surface area contributed by atoms with Gasteiger partial charge in [0.05, 0.1) is 29.0 Å². The molecule has 1 N–H and O–H groups in total. The van der Waals surface area contributed by atoms with Crippen molar-refractivity contribution >= 4 is 39.1 Å². The molecule has 1 aliphatic carbocycles. The number of carbonyl (C=O) groups is 1. The van der Waals surface area contributed by atoms with Gasteiger partial charge in [0.25, 0.3) is 5.19 Å². The highest BCUT2D eigenvalue weighted by Gasteiger charge is 2.25. The number of hydrogen-bond acceptors (Lipinski definition) is 6. The summed E-state index contributed by atoms with van der Waals surface area (Å²) in [5, 5.41) is 3.74. The monoisotopic (exact) mass is 458 g/mol. The van der Waals surface area contributed by atoms with Crippen molar-refractivity contribution in [3.05, 3.63) is 17.2 Å². The second-order valence-corrected chi connectivity index (χ2v) is 9.08. The zero-order valence-corrected chi connectivity index (χ0v) is 19.0.